The Morgan fingerprint density at radius 2 is 1.75 bits per heavy atom. The molecular weight excluding hydrogens is 246 g/mol. The molecule has 0 bridgehead atoms. The van der Waals surface area contributed by atoms with E-state index in [1.165, 1.54) is 0 Å². The summed E-state index contributed by atoms with van der Waals surface area (Å²) in [5.41, 5.74) is 4.24. The van der Waals surface area contributed by atoms with Gasteiger partial charge in [-0.1, -0.05) is 48.0 Å². The first-order valence-corrected chi connectivity index (χ1v) is 6.63. The van der Waals surface area contributed by atoms with Gasteiger partial charge < -0.3 is 0 Å². The number of benzene rings is 2. The average molecular weight is 261 g/mol. The molecule has 3 aromatic rings. The molecule has 98 valence electrons. The highest BCUT2D eigenvalue weighted by Crippen LogP contribution is 2.18. The number of hydrogen-bond acceptors (Lipinski definition) is 2. The number of nitrogens with zero attached hydrogens (tertiary/aromatic N) is 1. The molecular formula is C18H15NO. The lowest BCUT2D eigenvalue weighted by Crippen LogP contribution is -2.04. The Morgan fingerprint density at radius 1 is 0.950 bits per heavy atom. The molecule has 0 aliphatic rings. The minimum absolute atomic E-state index is 0.0288. The molecule has 0 N–H and O–H groups in total. The average Bonchev–Trinajstić information content (AvgIpc) is 2.47. The fourth-order valence-electron chi connectivity index (χ4n) is 2.36. The molecule has 0 aliphatic heterocycles. The van der Waals surface area contributed by atoms with Crippen LogP contribution in [0.5, 0.6) is 0 Å². The molecule has 20 heavy (non-hydrogen) atoms. The highest BCUT2D eigenvalue weighted by molar-refractivity contribution is 6.08. The maximum atomic E-state index is 12.5. The van der Waals surface area contributed by atoms with Gasteiger partial charge in [-0.3, -0.25) is 4.79 Å². The predicted octanol–water partition coefficient (Wildman–Crippen LogP) is 4.08. The highest BCUT2D eigenvalue weighted by Gasteiger charge is 2.11. The largest absolute Gasteiger partial charge is 0.287 e. The van der Waals surface area contributed by atoms with Gasteiger partial charge in [0.2, 0.25) is 5.78 Å². The summed E-state index contributed by atoms with van der Waals surface area (Å²) in [6, 6.07) is 17.4. The maximum Gasteiger partial charge on any atom is 0.211 e. The van der Waals surface area contributed by atoms with Gasteiger partial charge in [0.05, 0.1) is 5.52 Å². The van der Waals surface area contributed by atoms with Crippen LogP contribution in [0.15, 0.2) is 54.6 Å². The van der Waals surface area contributed by atoms with E-state index in [9.17, 15) is 4.79 Å². The molecule has 0 saturated heterocycles. The van der Waals surface area contributed by atoms with Crippen molar-refractivity contribution in [1.29, 1.82) is 0 Å². The lowest BCUT2D eigenvalue weighted by molar-refractivity contribution is 0.103. The smallest absolute Gasteiger partial charge is 0.211 e. The zero-order valence-corrected chi connectivity index (χ0v) is 11.6. The highest BCUT2D eigenvalue weighted by atomic mass is 16.1. The van der Waals surface area contributed by atoms with E-state index < -0.39 is 0 Å². The summed E-state index contributed by atoms with van der Waals surface area (Å²) < 4.78 is 0. The first-order valence-electron chi connectivity index (χ1n) is 6.63. The Morgan fingerprint density at radius 3 is 2.55 bits per heavy atom. The van der Waals surface area contributed by atoms with Crippen molar-refractivity contribution < 1.29 is 4.79 Å². The first kappa shape index (κ1) is 12.5. The summed E-state index contributed by atoms with van der Waals surface area (Å²) in [7, 11) is 0. The first-order chi connectivity index (χ1) is 9.65. The van der Waals surface area contributed by atoms with Crippen molar-refractivity contribution in [2.24, 2.45) is 0 Å². The molecule has 1 heterocycles. The summed E-state index contributed by atoms with van der Waals surface area (Å²) in [4.78, 5) is 17.0. The maximum absolute atomic E-state index is 12.5. The van der Waals surface area contributed by atoms with Crippen LogP contribution in [0.4, 0.5) is 0 Å². The van der Waals surface area contributed by atoms with Crippen molar-refractivity contribution in [3.63, 3.8) is 0 Å². The van der Waals surface area contributed by atoms with Gasteiger partial charge in [-0.15, -0.1) is 0 Å². The molecule has 2 aromatic carbocycles. The van der Waals surface area contributed by atoms with E-state index in [2.05, 4.69) is 4.98 Å². The topological polar surface area (TPSA) is 30.0 Å². The van der Waals surface area contributed by atoms with Gasteiger partial charge in [-0.25, -0.2) is 4.98 Å². The molecule has 0 unspecified atom stereocenters. The van der Waals surface area contributed by atoms with Gasteiger partial charge in [-0.2, -0.15) is 0 Å². The van der Waals surface area contributed by atoms with Crippen LogP contribution in [0.25, 0.3) is 10.9 Å². The molecule has 0 spiro atoms. The predicted molar refractivity (Wildman–Crippen MR) is 81.1 cm³/mol. The molecule has 0 radical (unpaired) electrons. The van der Waals surface area contributed by atoms with E-state index >= 15 is 0 Å². The minimum atomic E-state index is -0.0288. The number of aryl methyl sites for hydroxylation is 2. The van der Waals surface area contributed by atoms with Crippen molar-refractivity contribution in [2.75, 3.05) is 0 Å². The number of para-hydroxylation sites is 1. The van der Waals surface area contributed by atoms with Crippen LogP contribution in [0.1, 0.15) is 27.2 Å². The van der Waals surface area contributed by atoms with Gasteiger partial charge in [0, 0.05) is 10.9 Å². The van der Waals surface area contributed by atoms with Crippen LogP contribution in [-0.4, -0.2) is 10.8 Å². The number of ketones is 1. The Balaban J connectivity index is 2.10. The van der Waals surface area contributed by atoms with Crippen molar-refractivity contribution in [1.82, 2.24) is 4.98 Å². The number of carbonyl (C=O) groups excluding carboxylic acids is 1. The van der Waals surface area contributed by atoms with Crippen LogP contribution < -0.4 is 0 Å². The third-order valence-corrected chi connectivity index (χ3v) is 3.43. The summed E-state index contributed by atoms with van der Waals surface area (Å²) in [5.74, 6) is -0.0288. The van der Waals surface area contributed by atoms with Gasteiger partial charge >= 0.3 is 0 Å². The van der Waals surface area contributed by atoms with E-state index in [-0.39, 0.29) is 5.78 Å². The Labute approximate surface area is 118 Å². The van der Waals surface area contributed by atoms with Crippen molar-refractivity contribution >= 4 is 16.7 Å². The van der Waals surface area contributed by atoms with E-state index in [0.29, 0.717) is 11.3 Å². The summed E-state index contributed by atoms with van der Waals surface area (Å²) in [5, 5.41) is 1.06. The second kappa shape index (κ2) is 4.89. The van der Waals surface area contributed by atoms with Crippen LogP contribution >= 0.6 is 0 Å². The van der Waals surface area contributed by atoms with E-state index in [1.807, 2.05) is 62.4 Å². The molecule has 0 atom stereocenters. The van der Waals surface area contributed by atoms with Gasteiger partial charge in [0.25, 0.3) is 0 Å². The molecule has 0 amide bonds. The molecule has 0 aliphatic carbocycles. The third-order valence-electron chi connectivity index (χ3n) is 3.43. The number of fused-ring (bicyclic) bond motifs is 1. The van der Waals surface area contributed by atoms with Crippen LogP contribution in [0.3, 0.4) is 0 Å². The van der Waals surface area contributed by atoms with Crippen LogP contribution in [0.2, 0.25) is 0 Å². The second-order valence-corrected chi connectivity index (χ2v) is 5.04. The van der Waals surface area contributed by atoms with Gasteiger partial charge in [-0.05, 0) is 31.5 Å². The fraction of sp³-hybridized carbons (Fsp3) is 0.111. The van der Waals surface area contributed by atoms with Gasteiger partial charge in [0.15, 0.2) is 0 Å². The zero-order chi connectivity index (χ0) is 14.1. The van der Waals surface area contributed by atoms with Crippen LogP contribution in [0, 0.1) is 13.8 Å². The lowest BCUT2D eigenvalue weighted by Gasteiger charge is -2.05. The molecule has 2 nitrogen and oxygen atoms in total. The molecule has 0 fully saturated rings. The van der Waals surface area contributed by atoms with Gasteiger partial charge in [0.1, 0.15) is 5.69 Å². The fourth-order valence-corrected chi connectivity index (χ4v) is 2.36. The van der Waals surface area contributed by atoms with Crippen molar-refractivity contribution in [3.05, 3.63) is 77.0 Å². The van der Waals surface area contributed by atoms with Crippen LogP contribution in [-0.2, 0) is 0 Å². The summed E-state index contributed by atoms with van der Waals surface area (Å²) in [6.45, 7) is 3.99. The molecule has 2 heteroatoms. The van der Waals surface area contributed by atoms with E-state index in [0.717, 1.165) is 22.0 Å². The van der Waals surface area contributed by atoms with Crippen molar-refractivity contribution in [2.45, 2.75) is 13.8 Å². The number of carbonyl (C=O) groups is 1. The monoisotopic (exact) mass is 261 g/mol. The number of aromatic nitrogens is 1. The number of hydrogen-bond donors (Lipinski definition) is 0. The Kier molecular flexibility index (Phi) is 3.07. The lowest BCUT2D eigenvalue weighted by atomic mass is 10.0. The Bertz CT molecular complexity index is 805. The molecule has 3 rings (SSSR count). The number of pyridine rings is 1. The SMILES string of the molecule is Cc1cccc(C(=O)c2ccc3cccc(C)c3n2)c1. The summed E-state index contributed by atoms with van der Waals surface area (Å²) >= 11 is 0. The standard InChI is InChI=1S/C18H15NO/c1-12-5-3-8-15(11-12)18(20)16-10-9-14-7-4-6-13(2)17(14)19-16/h3-11H,1-2H3. The van der Waals surface area contributed by atoms with Crippen molar-refractivity contribution in [3.8, 4) is 0 Å². The second-order valence-electron chi connectivity index (χ2n) is 5.04. The molecule has 1 aromatic heterocycles. The number of rotatable bonds is 2. The van der Waals surface area contributed by atoms with E-state index in [1.54, 1.807) is 6.07 Å². The minimum Gasteiger partial charge on any atom is -0.287 e. The normalized spacial score (nSPS) is 10.7. The molecule has 0 saturated carbocycles. The third kappa shape index (κ3) is 2.21. The zero-order valence-electron chi connectivity index (χ0n) is 11.6. The van der Waals surface area contributed by atoms with E-state index in [4.69, 9.17) is 0 Å². The Hall–Kier alpha value is -2.48. The summed E-state index contributed by atoms with van der Waals surface area (Å²) in [6.07, 6.45) is 0. The quantitative estimate of drug-likeness (QED) is 0.650.